The molecule has 0 radical (unpaired) electrons. The van der Waals surface area contributed by atoms with Crippen molar-refractivity contribution in [2.24, 2.45) is 0 Å². The predicted octanol–water partition coefficient (Wildman–Crippen LogP) is 5.85. The third-order valence-electron chi connectivity index (χ3n) is 4.54. The summed E-state index contributed by atoms with van der Waals surface area (Å²) in [4.78, 5) is 0. The van der Waals surface area contributed by atoms with Crippen LogP contribution in [0.25, 0.3) is 17.0 Å². The average molecular weight is 409 g/mol. The molecule has 1 heterocycles. The monoisotopic (exact) mass is 408 g/mol. The van der Waals surface area contributed by atoms with Crippen LogP contribution in [0, 0.1) is 6.92 Å². The number of hydrogen-bond acceptors (Lipinski definition) is 2. The summed E-state index contributed by atoms with van der Waals surface area (Å²) < 4.78 is 41.2. The number of aliphatic hydroxyl groups excluding tert-OH is 1. The Morgan fingerprint density at radius 1 is 1.18 bits per heavy atom. The zero-order valence-corrected chi connectivity index (χ0v) is 16.1. The maximum Gasteiger partial charge on any atom is 0.416 e. The van der Waals surface area contributed by atoms with E-state index < -0.39 is 11.7 Å². The van der Waals surface area contributed by atoms with E-state index in [1.807, 2.05) is 25.1 Å². The molecule has 0 fully saturated rings. The predicted molar refractivity (Wildman–Crippen MR) is 105 cm³/mol. The van der Waals surface area contributed by atoms with Crippen LogP contribution >= 0.6 is 11.6 Å². The van der Waals surface area contributed by atoms with Crippen molar-refractivity contribution in [1.82, 2.24) is 9.78 Å². The van der Waals surface area contributed by atoms with Gasteiger partial charge in [-0.2, -0.15) is 18.3 Å². The second kappa shape index (κ2) is 8.37. The van der Waals surface area contributed by atoms with Crippen LogP contribution in [0.5, 0.6) is 0 Å². The van der Waals surface area contributed by atoms with Crippen molar-refractivity contribution in [3.63, 3.8) is 0 Å². The first kappa shape index (κ1) is 20.4. The Labute approximate surface area is 166 Å². The van der Waals surface area contributed by atoms with E-state index in [0.29, 0.717) is 41.0 Å². The highest BCUT2D eigenvalue weighted by Gasteiger charge is 2.31. The van der Waals surface area contributed by atoms with Crippen LogP contribution in [0.2, 0.25) is 5.02 Å². The van der Waals surface area contributed by atoms with E-state index in [1.54, 1.807) is 16.8 Å². The van der Waals surface area contributed by atoms with Crippen LogP contribution in [0.3, 0.4) is 0 Å². The molecular formula is C21H20ClF3N2O. The van der Waals surface area contributed by atoms with Gasteiger partial charge in [-0.15, -0.1) is 0 Å². The number of unbranched alkanes of at least 4 members (excludes halogenated alkanes) is 1. The number of aliphatic hydroxyl groups is 1. The van der Waals surface area contributed by atoms with E-state index in [1.165, 1.54) is 6.07 Å². The number of rotatable bonds is 6. The summed E-state index contributed by atoms with van der Waals surface area (Å²) in [7, 11) is 0. The maximum absolute atomic E-state index is 13.2. The molecule has 0 saturated heterocycles. The summed E-state index contributed by atoms with van der Waals surface area (Å²) in [6, 6.07) is 9.11. The molecule has 1 N–H and O–H groups in total. The van der Waals surface area contributed by atoms with Crippen LogP contribution in [0.4, 0.5) is 13.2 Å². The molecular weight excluding hydrogens is 389 g/mol. The summed E-state index contributed by atoms with van der Waals surface area (Å²) in [6.45, 7) is 2.33. The number of fused-ring (bicyclic) bond motifs is 1. The highest BCUT2D eigenvalue weighted by molar-refractivity contribution is 6.30. The Morgan fingerprint density at radius 2 is 1.96 bits per heavy atom. The SMILES string of the molecule is Cc1cc(Cl)ccc1Cn1nc(/C=C/CCCO)c2ccc(C(F)(F)F)cc21. The Bertz CT molecular complexity index is 1010. The standard InChI is InChI=1S/C21H20ClF3N2O/c1-14-11-17(22)8-6-15(14)13-27-20-12-16(21(23,24)25)7-9-18(20)19(26-27)5-3-2-4-10-28/h3,5-9,11-12,28H,2,4,10,13H2,1H3/b5-3+. The summed E-state index contributed by atoms with van der Waals surface area (Å²) in [5.41, 5.74) is 2.20. The lowest BCUT2D eigenvalue weighted by Crippen LogP contribution is -2.06. The lowest BCUT2D eigenvalue weighted by atomic mass is 10.1. The first-order valence-corrected chi connectivity index (χ1v) is 9.27. The molecule has 148 valence electrons. The third-order valence-corrected chi connectivity index (χ3v) is 4.77. The van der Waals surface area contributed by atoms with Gasteiger partial charge < -0.3 is 5.11 Å². The van der Waals surface area contributed by atoms with Gasteiger partial charge in [0.1, 0.15) is 0 Å². The Hall–Kier alpha value is -2.31. The molecule has 0 aliphatic carbocycles. The van der Waals surface area contributed by atoms with Gasteiger partial charge in [-0.25, -0.2) is 0 Å². The van der Waals surface area contributed by atoms with Gasteiger partial charge in [0.25, 0.3) is 0 Å². The zero-order chi connectivity index (χ0) is 20.3. The highest BCUT2D eigenvalue weighted by atomic mass is 35.5. The van der Waals surface area contributed by atoms with Crippen molar-refractivity contribution in [2.45, 2.75) is 32.5 Å². The van der Waals surface area contributed by atoms with Gasteiger partial charge in [-0.1, -0.05) is 23.7 Å². The van der Waals surface area contributed by atoms with Gasteiger partial charge in [0.05, 0.1) is 23.3 Å². The molecule has 0 amide bonds. The summed E-state index contributed by atoms with van der Waals surface area (Å²) in [5, 5.41) is 14.7. The lowest BCUT2D eigenvalue weighted by Gasteiger charge is -2.10. The number of alkyl halides is 3. The van der Waals surface area contributed by atoms with Crippen LogP contribution < -0.4 is 0 Å². The molecule has 3 nitrogen and oxygen atoms in total. The molecule has 3 rings (SSSR count). The Kier molecular flexibility index (Phi) is 6.10. The number of hydrogen-bond donors (Lipinski definition) is 1. The van der Waals surface area contributed by atoms with Gasteiger partial charge in [-0.3, -0.25) is 4.68 Å². The molecule has 0 aliphatic heterocycles. The molecule has 0 saturated carbocycles. The van der Waals surface area contributed by atoms with Crippen LogP contribution in [-0.4, -0.2) is 21.5 Å². The first-order valence-electron chi connectivity index (χ1n) is 8.90. The number of benzene rings is 2. The normalized spacial score (nSPS) is 12.4. The molecule has 1 aromatic heterocycles. The summed E-state index contributed by atoms with van der Waals surface area (Å²) >= 11 is 6.00. The molecule has 0 aliphatic rings. The fourth-order valence-electron chi connectivity index (χ4n) is 3.02. The van der Waals surface area contributed by atoms with E-state index >= 15 is 0 Å². The van der Waals surface area contributed by atoms with Crippen molar-refractivity contribution in [3.05, 3.63) is 69.9 Å². The minimum Gasteiger partial charge on any atom is -0.396 e. The van der Waals surface area contributed by atoms with Crippen molar-refractivity contribution in [3.8, 4) is 0 Å². The van der Waals surface area contributed by atoms with Crippen molar-refractivity contribution < 1.29 is 18.3 Å². The summed E-state index contributed by atoms with van der Waals surface area (Å²) in [6.07, 6.45) is 0.528. The van der Waals surface area contributed by atoms with E-state index in [2.05, 4.69) is 5.10 Å². The zero-order valence-electron chi connectivity index (χ0n) is 15.3. The van der Waals surface area contributed by atoms with E-state index in [-0.39, 0.29) is 6.61 Å². The van der Waals surface area contributed by atoms with E-state index in [4.69, 9.17) is 16.7 Å². The average Bonchev–Trinajstić information content (AvgIpc) is 2.97. The van der Waals surface area contributed by atoms with Gasteiger partial charge >= 0.3 is 6.18 Å². The van der Waals surface area contributed by atoms with Crippen LogP contribution in [-0.2, 0) is 12.7 Å². The van der Waals surface area contributed by atoms with Crippen molar-refractivity contribution in [2.75, 3.05) is 6.61 Å². The van der Waals surface area contributed by atoms with Gasteiger partial charge in [0.2, 0.25) is 0 Å². The van der Waals surface area contributed by atoms with Crippen molar-refractivity contribution in [1.29, 1.82) is 0 Å². The molecule has 28 heavy (non-hydrogen) atoms. The van der Waals surface area contributed by atoms with Gasteiger partial charge in [0.15, 0.2) is 0 Å². The number of aromatic nitrogens is 2. The quantitative estimate of drug-likeness (QED) is 0.519. The largest absolute Gasteiger partial charge is 0.416 e. The number of halogens is 4. The lowest BCUT2D eigenvalue weighted by molar-refractivity contribution is -0.137. The second-order valence-corrected chi connectivity index (χ2v) is 7.05. The van der Waals surface area contributed by atoms with Crippen molar-refractivity contribution >= 4 is 28.6 Å². The number of aryl methyl sites for hydroxylation is 1. The van der Waals surface area contributed by atoms with E-state index in [9.17, 15) is 13.2 Å². The molecule has 2 aromatic carbocycles. The third kappa shape index (κ3) is 4.56. The topological polar surface area (TPSA) is 38.0 Å². The van der Waals surface area contributed by atoms with Crippen LogP contribution in [0.1, 0.15) is 35.2 Å². The minimum atomic E-state index is -4.42. The minimum absolute atomic E-state index is 0.0876. The molecule has 7 heteroatoms. The summed E-state index contributed by atoms with van der Waals surface area (Å²) in [5.74, 6) is 0. The fraction of sp³-hybridized carbons (Fsp3) is 0.286. The van der Waals surface area contributed by atoms with Crippen LogP contribution in [0.15, 0.2) is 42.5 Å². The smallest absolute Gasteiger partial charge is 0.396 e. The molecule has 0 bridgehead atoms. The Morgan fingerprint density at radius 3 is 2.64 bits per heavy atom. The molecule has 3 aromatic rings. The fourth-order valence-corrected chi connectivity index (χ4v) is 3.25. The van der Waals surface area contributed by atoms with Gasteiger partial charge in [0, 0.05) is 17.0 Å². The highest BCUT2D eigenvalue weighted by Crippen LogP contribution is 2.33. The van der Waals surface area contributed by atoms with E-state index in [0.717, 1.165) is 23.3 Å². The molecule has 0 spiro atoms. The second-order valence-electron chi connectivity index (χ2n) is 6.61. The number of allylic oxidation sites excluding steroid dienone is 1. The first-order chi connectivity index (χ1) is 13.3. The van der Waals surface area contributed by atoms with Gasteiger partial charge in [-0.05, 0) is 67.3 Å². The Balaban J connectivity index is 2.06. The number of nitrogens with zero attached hydrogens (tertiary/aromatic N) is 2. The maximum atomic E-state index is 13.2. The molecule has 0 atom stereocenters. The molecule has 0 unspecified atom stereocenters.